The van der Waals surface area contributed by atoms with Crippen LogP contribution in [0.25, 0.3) is 0 Å². The fraction of sp³-hybridized carbons (Fsp3) is 0.846. The van der Waals surface area contributed by atoms with Gasteiger partial charge in [-0.1, -0.05) is 109 Å². The second-order valence-electron chi connectivity index (χ2n) is 14.1. The van der Waals surface area contributed by atoms with Crippen LogP contribution >= 0.6 is 7.82 Å². The Balaban J connectivity index is 2.42. The van der Waals surface area contributed by atoms with Crippen LogP contribution in [0, 0.1) is 11.8 Å². The topological polar surface area (TPSA) is 195 Å². The van der Waals surface area contributed by atoms with E-state index in [1.165, 1.54) is 12.8 Å². The number of nitrogens with two attached hydrogens (primary N) is 1. The van der Waals surface area contributed by atoms with Crippen LogP contribution in [0.1, 0.15) is 149 Å². The summed E-state index contributed by atoms with van der Waals surface area (Å²) in [6.45, 7) is 3.32. The van der Waals surface area contributed by atoms with Crippen molar-refractivity contribution < 1.29 is 52.9 Å². The number of hydrogen-bond acceptors (Lipinski definition) is 11. The van der Waals surface area contributed by atoms with Crippen LogP contribution in [0.4, 0.5) is 0 Å². The number of rotatable bonds is 33. The van der Waals surface area contributed by atoms with Gasteiger partial charge in [0.1, 0.15) is 6.61 Å². The molecule has 0 heterocycles. The molecule has 0 aliphatic heterocycles. The third-order valence-electron chi connectivity index (χ3n) is 9.41. The largest absolute Gasteiger partial charge is 0.472 e. The van der Waals surface area contributed by atoms with Crippen molar-refractivity contribution in [2.45, 2.75) is 173 Å². The summed E-state index contributed by atoms with van der Waals surface area (Å²) in [5.41, 5.74) is 5.33. The van der Waals surface area contributed by atoms with Gasteiger partial charge in [-0.2, -0.15) is 0 Å². The van der Waals surface area contributed by atoms with Gasteiger partial charge in [0, 0.05) is 31.7 Å². The predicted octanol–water partition coefficient (Wildman–Crippen LogP) is 7.21. The Kier molecular flexibility index (Phi) is 28.5. The van der Waals surface area contributed by atoms with Crippen LogP contribution < -0.4 is 5.73 Å². The van der Waals surface area contributed by atoms with Gasteiger partial charge in [0.2, 0.25) is 0 Å². The van der Waals surface area contributed by atoms with Gasteiger partial charge in [0.05, 0.1) is 31.5 Å². The van der Waals surface area contributed by atoms with Gasteiger partial charge in [0.25, 0.3) is 0 Å². The Morgan fingerprint density at radius 2 is 1.44 bits per heavy atom. The first kappa shape index (κ1) is 48.4. The maximum Gasteiger partial charge on any atom is 0.472 e. The van der Waals surface area contributed by atoms with E-state index in [4.69, 9.17) is 24.3 Å². The van der Waals surface area contributed by atoms with Gasteiger partial charge >= 0.3 is 19.8 Å². The monoisotopic (exact) mass is 761 g/mol. The maximum absolute atomic E-state index is 12.5. The van der Waals surface area contributed by atoms with Crippen LogP contribution in [0.2, 0.25) is 0 Å². The first-order valence-electron chi connectivity index (χ1n) is 20.1. The maximum atomic E-state index is 12.5. The van der Waals surface area contributed by atoms with Gasteiger partial charge in [-0.15, -0.1) is 0 Å². The fourth-order valence-corrected chi connectivity index (χ4v) is 7.12. The van der Waals surface area contributed by atoms with Crippen molar-refractivity contribution in [3.05, 3.63) is 24.3 Å². The molecule has 0 bridgehead atoms. The van der Waals surface area contributed by atoms with E-state index in [0.29, 0.717) is 25.7 Å². The first-order chi connectivity index (χ1) is 25.0. The minimum atomic E-state index is -4.42. The van der Waals surface area contributed by atoms with Crippen molar-refractivity contribution in [3.8, 4) is 0 Å². The molecule has 1 aliphatic rings. The molecule has 6 N–H and O–H groups in total. The number of aliphatic hydroxyl groups is 3. The summed E-state index contributed by atoms with van der Waals surface area (Å²) in [6, 6.07) is 0. The van der Waals surface area contributed by atoms with Gasteiger partial charge in [-0.05, 0) is 50.9 Å². The summed E-state index contributed by atoms with van der Waals surface area (Å²) in [6.07, 6.45) is 22.8. The molecule has 1 unspecified atom stereocenters. The third kappa shape index (κ3) is 24.6. The van der Waals surface area contributed by atoms with E-state index >= 15 is 0 Å². The Hall–Kier alpha value is -1.63. The number of hydrogen-bond donors (Lipinski definition) is 5. The fourth-order valence-electron chi connectivity index (χ4n) is 6.36. The summed E-state index contributed by atoms with van der Waals surface area (Å²) in [4.78, 5) is 34.9. The van der Waals surface area contributed by atoms with E-state index < -0.39 is 50.8 Å². The van der Waals surface area contributed by atoms with E-state index in [1.54, 1.807) is 6.08 Å². The number of carbonyl (C=O) groups excluding carboxylic acids is 2. The Labute approximate surface area is 313 Å². The minimum Gasteiger partial charge on any atom is -0.462 e. The van der Waals surface area contributed by atoms with Crippen molar-refractivity contribution in [1.29, 1.82) is 0 Å². The molecular weight excluding hydrogens is 689 g/mol. The average Bonchev–Trinajstić information content (AvgIpc) is 3.38. The molecule has 0 aromatic rings. The highest BCUT2D eigenvalue weighted by Gasteiger charge is 2.39. The Morgan fingerprint density at radius 1 is 0.808 bits per heavy atom. The second kappa shape index (κ2) is 30.7. The zero-order valence-electron chi connectivity index (χ0n) is 32.1. The summed E-state index contributed by atoms with van der Waals surface area (Å²) >= 11 is 0. The summed E-state index contributed by atoms with van der Waals surface area (Å²) in [5, 5.41) is 31.3. The number of aliphatic hydroxyl groups excluding tert-OH is 3. The first-order valence-corrected chi connectivity index (χ1v) is 21.6. The molecule has 304 valence electrons. The number of unbranched alkanes of at least 4 members (excludes halogenated alkanes) is 12. The molecule has 1 aliphatic carbocycles. The standard InChI is InChI=1S/C39H72NO11P/c1-3-5-7-8-9-10-11-12-13-14-20-24-39(45)51-33(31-50-52(46,47)49-28-27-40)30-48-38(44)23-19-16-15-18-22-34-35(37(43)29-36(34)42)26-25-32(41)21-17-6-4-2/h8-9,25-26,32-37,41-43H,3-7,10-24,27-31,40H2,1-2H3,(H,46,47)/b9-8-,26-25+/t32-,33+,34+,35+,36-,37+/m0/s1. The SMILES string of the molecule is CCCC/C=C\CCCCCCCC(=O)O[C@H](COC(=O)CCCCCC[C@@H]1[C@@H](/C=C/[C@@H](O)CCCCC)[C@H](O)C[C@@H]1O)COP(=O)(O)OCCN. The van der Waals surface area contributed by atoms with Gasteiger partial charge < -0.3 is 35.4 Å². The molecule has 0 saturated heterocycles. The smallest absolute Gasteiger partial charge is 0.462 e. The lowest BCUT2D eigenvalue weighted by molar-refractivity contribution is -0.161. The molecule has 7 atom stereocenters. The van der Waals surface area contributed by atoms with Crippen molar-refractivity contribution in [2.24, 2.45) is 17.6 Å². The highest BCUT2D eigenvalue weighted by atomic mass is 31.2. The van der Waals surface area contributed by atoms with Gasteiger partial charge in [0.15, 0.2) is 6.10 Å². The summed E-state index contributed by atoms with van der Waals surface area (Å²) in [5.74, 6) is -1.26. The number of allylic oxidation sites excluding steroid dienone is 2. The molecule has 0 amide bonds. The van der Waals surface area contributed by atoms with Crippen LogP contribution in [0.3, 0.4) is 0 Å². The lowest BCUT2D eigenvalue weighted by Crippen LogP contribution is -2.29. The number of esters is 2. The van der Waals surface area contributed by atoms with E-state index in [0.717, 1.165) is 83.5 Å². The molecule has 12 nitrogen and oxygen atoms in total. The van der Waals surface area contributed by atoms with Gasteiger partial charge in [-0.3, -0.25) is 18.6 Å². The van der Waals surface area contributed by atoms with E-state index in [-0.39, 0.29) is 44.4 Å². The highest BCUT2D eigenvalue weighted by molar-refractivity contribution is 7.47. The van der Waals surface area contributed by atoms with Crippen molar-refractivity contribution >= 4 is 19.8 Å². The van der Waals surface area contributed by atoms with Crippen LogP contribution in [0.15, 0.2) is 24.3 Å². The quantitative estimate of drug-likeness (QED) is 0.0196. The van der Waals surface area contributed by atoms with Gasteiger partial charge in [-0.25, -0.2) is 4.57 Å². The lowest BCUT2D eigenvalue weighted by atomic mass is 9.88. The average molecular weight is 762 g/mol. The molecule has 1 fully saturated rings. The van der Waals surface area contributed by atoms with Crippen molar-refractivity contribution in [1.82, 2.24) is 0 Å². The molecule has 13 heteroatoms. The van der Waals surface area contributed by atoms with Crippen LogP contribution in [-0.2, 0) is 32.7 Å². The minimum absolute atomic E-state index is 0.0212. The van der Waals surface area contributed by atoms with Crippen molar-refractivity contribution in [2.75, 3.05) is 26.4 Å². The summed E-state index contributed by atoms with van der Waals surface area (Å²) < 4.78 is 32.6. The molecule has 1 saturated carbocycles. The zero-order valence-corrected chi connectivity index (χ0v) is 33.0. The molecule has 0 aromatic carbocycles. The highest BCUT2D eigenvalue weighted by Crippen LogP contribution is 2.43. The zero-order chi connectivity index (χ0) is 38.5. The van der Waals surface area contributed by atoms with E-state index in [1.807, 2.05) is 6.08 Å². The number of ether oxygens (including phenoxy) is 2. The summed E-state index contributed by atoms with van der Waals surface area (Å²) in [7, 11) is -4.42. The third-order valence-corrected chi connectivity index (χ3v) is 10.4. The predicted molar refractivity (Wildman–Crippen MR) is 203 cm³/mol. The van der Waals surface area contributed by atoms with Crippen molar-refractivity contribution in [3.63, 3.8) is 0 Å². The molecule has 52 heavy (non-hydrogen) atoms. The molecular formula is C39H72NO11P. The Bertz CT molecular complexity index is 1030. The van der Waals surface area contributed by atoms with Crippen LogP contribution in [-0.4, -0.2) is 82.9 Å². The van der Waals surface area contributed by atoms with Crippen LogP contribution in [0.5, 0.6) is 0 Å². The normalized spacial score (nSPS) is 21.4. The molecule has 0 aromatic heterocycles. The molecule has 1 rings (SSSR count). The van der Waals surface area contributed by atoms with E-state index in [9.17, 15) is 34.4 Å². The lowest BCUT2D eigenvalue weighted by Gasteiger charge is -2.21. The number of phosphoric acid groups is 1. The Morgan fingerprint density at radius 3 is 2.13 bits per heavy atom. The molecule has 0 spiro atoms. The number of carbonyl (C=O) groups is 2. The second-order valence-corrected chi connectivity index (χ2v) is 15.6. The van der Waals surface area contributed by atoms with E-state index in [2.05, 4.69) is 26.0 Å². The molecule has 0 radical (unpaired) electrons. The number of phosphoric ester groups is 1.